The number of ether oxygens (including phenoxy) is 2. The number of rotatable bonds is 5. The topological polar surface area (TPSA) is 47.7 Å². The summed E-state index contributed by atoms with van der Waals surface area (Å²) in [6.07, 6.45) is 0. The monoisotopic (exact) mass is 254 g/mol. The van der Waals surface area contributed by atoms with E-state index in [-0.39, 0.29) is 5.82 Å². The molecule has 1 fully saturated rings. The van der Waals surface area contributed by atoms with Crippen molar-refractivity contribution >= 4 is 0 Å². The zero-order valence-electron chi connectivity index (χ0n) is 10.4. The third kappa shape index (κ3) is 3.66. The van der Waals surface area contributed by atoms with Crippen LogP contribution < -0.4 is 10.5 Å². The molecular formula is C13H19FN2O2. The van der Waals surface area contributed by atoms with Crippen LogP contribution in [0.1, 0.15) is 5.56 Å². The van der Waals surface area contributed by atoms with Gasteiger partial charge in [-0.05, 0) is 17.7 Å². The molecular weight excluding hydrogens is 235 g/mol. The summed E-state index contributed by atoms with van der Waals surface area (Å²) in [5, 5.41) is 0. The first-order valence-corrected chi connectivity index (χ1v) is 6.21. The van der Waals surface area contributed by atoms with Crippen molar-refractivity contribution < 1.29 is 13.9 Å². The minimum absolute atomic E-state index is 0.292. The van der Waals surface area contributed by atoms with E-state index in [0.717, 1.165) is 38.4 Å². The van der Waals surface area contributed by atoms with Gasteiger partial charge < -0.3 is 15.2 Å². The van der Waals surface area contributed by atoms with E-state index < -0.39 is 0 Å². The van der Waals surface area contributed by atoms with Crippen molar-refractivity contribution in [1.29, 1.82) is 0 Å². The average Bonchev–Trinajstić information content (AvgIpc) is 2.42. The number of hydrogen-bond donors (Lipinski definition) is 1. The van der Waals surface area contributed by atoms with Gasteiger partial charge >= 0.3 is 0 Å². The molecule has 5 heteroatoms. The lowest BCUT2D eigenvalue weighted by Gasteiger charge is -2.26. The van der Waals surface area contributed by atoms with Gasteiger partial charge in [0.2, 0.25) is 0 Å². The molecule has 0 saturated carbocycles. The molecule has 100 valence electrons. The van der Waals surface area contributed by atoms with E-state index in [4.69, 9.17) is 15.2 Å². The molecule has 2 rings (SSSR count). The average molecular weight is 254 g/mol. The van der Waals surface area contributed by atoms with Crippen LogP contribution in [0.4, 0.5) is 4.39 Å². The van der Waals surface area contributed by atoms with Gasteiger partial charge in [-0.2, -0.15) is 0 Å². The molecule has 2 N–H and O–H groups in total. The molecule has 1 heterocycles. The predicted molar refractivity (Wildman–Crippen MR) is 67.0 cm³/mol. The molecule has 1 saturated heterocycles. The van der Waals surface area contributed by atoms with Crippen LogP contribution in [-0.4, -0.2) is 44.4 Å². The molecule has 0 aromatic heterocycles. The molecule has 1 aromatic carbocycles. The highest BCUT2D eigenvalue weighted by Gasteiger charge is 2.10. The van der Waals surface area contributed by atoms with E-state index >= 15 is 0 Å². The Bertz CT molecular complexity index is 381. The molecule has 0 radical (unpaired) electrons. The highest BCUT2D eigenvalue weighted by atomic mass is 19.1. The lowest BCUT2D eigenvalue weighted by molar-refractivity contribution is 0.0320. The lowest BCUT2D eigenvalue weighted by Crippen LogP contribution is -2.38. The van der Waals surface area contributed by atoms with Gasteiger partial charge in [-0.15, -0.1) is 0 Å². The molecule has 0 aliphatic carbocycles. The maximum absolute atomic E-state index is 13.6. The van der Waals surface area contributed by atoms with Gasteiger partial charge in [0.05, 0.1) is 13.2 Å². The van der Waals surface area contributed by atoms with Gasteiger partial charge in [-0.3, -0.25) is 4.90 Å². The second-order valence-corrected chi connectivity index (χ2v) is 4.27. The van der Waals surface area contributed by atoms with Crippen LogP contribution in [-0.2, 0) is 11.3 Å². The summed E-state index contributed by atoms with van der Waals surface area (Å²) in [4.78, 5) is 2.25. The van der Waals surface area contributed by atoms with Gasteiger partial charge in [0.1, 0.15) is 6.61 Å². The Kier molecular flexibility index (Phi) is 4.92. The molecule has 0 spiro atoms. The van der Waals surface area contributed by atoms with Crippen molar-refractivity contribution in [2.24, 2.45) is 5.73 Å². The van der Waals surface area contributed by atoms with E-state index in [9.17, 15) is 4.39 Å². The Hall–Kier alpha value is -1.17. The normalized spacial score (nSPS) is 16.8. The summed E-state index contributed by atoms with van der Waals surface area (Å²) in [6.45, 7) is 4.97. The lowest BCUT2D eigenvalue weighted by atomic mass is 10.2. The van der Waals surface area contributed by atoms with Gasteiger partial charge in [0.25, 0.3) is 0 Å². The number of nitrogens with two attached hydrogens (primary N) is 1. The molecule has 18 heavy (non-hydrogen) atoms. The third-order valence-corrected chi connectivity index (χ3v) is 3.00. The Morgan fingerprint density at radius 3 is 2.78 bits per heavy atom. The predicted octanol–water partition coefficient (Wildman–Crippen LogP) is 0.995. The van der Waals surface area contributed by atoms with Crippen LogP contribution >= 0.6 is 0 Å². The summed E-state index contributed by atoms with van der Waals surface area (Å²) in [7, 11) is 0. The van der Waals surface area contributed by atoms with Gasteiger partial charge in [0, 0.05) is 26.2 Å². The maximum atomic E-state index is 13.6. The molecule has 1 aliphatic heterocycles. The second-order valence-electron chi connectivity index (χ2n) is 4.27. The van der Waals surface area contributed by atoms with Gasteiger partial charge in [-0.1, -0.05) is 6.07 Å². The first-order valence-electron chi connectivity index (χ1n) is 6.21. The summed E-state index contributed by atoms with van der Waals surface area (Å²) in [6, 6.07) is 4.84. The van der Waals surface area contributed by atoms with Crippen LogP contribution in [0.5, 0.6) is 5.75 Å². The van der Waals surface area contributed by atoms with Crippen LogP contribution in [0.15, 0.2) is 18.2 Å². The quantitative estimate of drug-likeness (QED) is 0.851. The number of hydrogen-bond acceptors (Lipinski definition) is 4. The van der Waals surface area contributed by atoms with Crippen molar-refractivity contribution in [3.8, 4) is 5.75 Å². The molecule has 0 unspecified atom stereocenters. The third-order valence-electron chi connectivity index (χ3n) is 3.00. The Labute approximate surface area is 106 Å². The second kappa shape index (κ2) is 6.68. The van der Waals surface area contributed by atoms with Crippen LogP contribution in [0, 0.1) is 5.82 Å². The fourth-order valence-electron chi connectivity index (χ4n) is 1.90. The highest BCUT2D eigenvalue weighted by Crippen LogP contribution is 2.18. The van der Waals surface area contributed by atoms with Crippen LogP contribution in [0.2, 0.25) is 0 Å². The highest BCUT2D eigenvalue weighted by molar-refractivity contribution is 5.29. The molecule has 1 aliphatic rings. The van der Waals surface area contributed by atoms with Crippen molar-refractivity contribution in [3.63, 3.8) is 0 Å². The Balaban J connectivity index is 1.79. The fourth-order valence-corrected chi connectivity index (χ4v) is 1.90. The molecule has 0 atom stereocenters. The molecule has 1 aromatic rings. The maximum Gasteiger partial charge on any atom is 0.165 e. The van der Waals surface area contributed by atoms with Crippen LogP contribution in [0.3, 0.4) is 0 Å². The van der Waals surface area contributed by atoms with Crippen molar-refractivity contribution in [3.05, 3.63) is 29.6 Å². The summed E-state index contributed by atoms with van der Waals surface area (Å²) in [5.41, 5.74) is 6.21. The molecule has 0 amide bonds. The minimum Gasteiger partial charge on any atom is -0.489 e. The zero-order chi connectivity index (χ0) is 12.8. The number of benzene rings is 1. The SMILES string of the molecule is NCc1ccc(OCCN2CCOCC2)c(F)c1. The van der Waals surface area contributed by atoms with E-state index in [1.54, 1.807) is 12.1 Å². The fraction of sp³-hybridized carbons (Fsp3) is 0.538. The van der Waals surface area contributed by atoms with E-state index in [0.29, 0.717) is 18.9 Å². The first kappa shape index (κ1) is 13.3. The van der Waals surface area contributed by atoms with E-state index in [1.807, 2.05) is 0 Å². The van der Waals surface area contributed by atoms with E-state index in [1.165, 1.54) is 6.07 Å². The Morgan fingerprint density at radius 1 is 1.33 bits per heavy atom. The van der Waals surface area contributed by atoms with E-state index in [2.05, 4.69) is 4.90 Å². The van der Waals surface area contributed by atoms with Gasteiger partial charge in [0.15, 0.2) is 11.6 Å². The number of nitrogens with zero attached hydrogens (tertiary/aromatic N) is 1. The number of morpholine rings is 1. The first-order chi connectivity index (χ1) is 8.79. The standard InChI is InChI=1S/C13H19FN2O2/c14-12-9-11(10-15)1-2-13(12)18-8-5-16-3-6-17-7-4-16/h1-2,9H,3-8,10,15H2. The van der Waals surface area contributed by atoms with Gasteiger partial charge in [-0.25, -0.2) is 4.39 Å². The zero-order valence-corrected chi connectivity index (χ0v) is 10.4. The van der Waals surface area contributed by atoms with Crippen molar-refractivity contribution in [1.82, 2.24) is 4.90 Å². The summed E-state index contributed by atoms with van der Waals surface area (Å²) in [5.74, 6) is -0.0552. The molecule has 0 bridgehead atoms. The minimum atomic E-state index is -0.347. The number of halogens is 1. The summed E-state index contributed by atoms with van der Waals surface area (Å²) >= 11 is 0. The smallest absolute Gasteiger partial charge is 0.165 e. The van der Waals surface area contributed by atoms with Crippen LogP contribution in [0.25, 0.3) is 0 Å². The Morgan fingerprint density at radius 2 is 2.11 bits per heavy atom. The largest absolute Gasteiger partial charge is 0.489 e. The molecule has 4 nitrogen and oxygen atoms in total. The van der Waals surface area contributed by atoms with Crippen molar-refractivity contribution in [2.75, 3.05) is 39.5 Å². The summed E-state index contributed by atoms with van der Waals surface area (Å²) < 4.78 is 24.3. The van der Waals surface area contributed by atoms with Crippen molar-refractivity contribution in [2.45, 2.75) is 6.54 Å².